The standard InChI is InChI=1S/C21H21ClN6O/c1-14(24-21(29)19-13-27-8-3-2-4-20(27)25-19)12-28-9-7-18(26-28)15-5-6-16(11-23)17(22)10-15/h5-7,9-10,13-14H,2-4,8,12H2,1H3,(H,24,29)/t14-/m0/s1. The van der Waals surface area contributed by atoms with Crippen molar-refractivity contribution in [1.29, 1.82) is 5.26 Å². The van der Waals surface area contributed by atoms with Gasteiger partial charge < -0.3 is 9.88 Å². The van der Waals surface area contributed by atoms with Crippen LogP contribution in [0.2, 0.25) is 5.02 Å². The Morgan fingerprint density at radius 3 is 3.00 bits per heavy atom. The fourth-order valence-electron chi connectivity index (χ4n) is 3.53. The topological polar surface area (TPSA) is 88.5 Å². The number of aryl methyl sites for hydroxylation is 2. The zero-order chi connectivity index (χ0) is 20.4. The Morgan fingerprint density at radius 2 is 2.24 bits per heavy atom. The van der Waals surface area contributed by atoms with Gasteiger partial charge in [-0.25, -0.2) is 4.98 Å². The summed E-state index contributed by atoms with van der Waals surface area (Å²) in [6.45, 7) is 3.40. The highest BCUT2D eigenvalue weighted by Crippen LogP contribution is 2.24. The van der Waals surface area contributed by atoms with E-state index in [0.29, 0.717) is 22.8 Å². The smallest absolute Gasteiger partial charge is 0.271 e. The minimum absolute atomic E-state index is 0.112. The van der Waals surface area contributed by atoms with E-state index in [2.05, 4.69) is 20.0 Å². The molecule has 0 saturated heterocycles. The predicted molar refractivity (Wildman–Crippen MR) is 109 cm³/mol. The monoisotopic (exact) mass is 408 g/mol. The third kappa shape index (κ3) is 4.17. The molecule has 1 amide bonds. The highest BCUT2D eigenvalue weighted by molar-refractivity contribution is 6.32. The lowest BCUT2D eigenvalue weighted by molar-refractivity contribution is 0.0931. The van der Waals surface area contributed by atoms with E-state index in [0.717, 1.165) is 42.9 Å². The van der Waals surface area contributed by atoms with Crippen LogP contribution in [-0.2, 0) is 19.5 Å². The van der Waals surface area contributed by atoms with Crippen molar-refractivity contribution < 1.29 is 4.79 Å². The molecule has 4 rings (SSSR count). The lowest BCUT2D eigenvalue weighted by atomic mass is 10.1. The summed E-state index contributed by atoms with van der Waals surface area (Å²) < 4.78 is 3.86. The van der Waals surface area contributed by atoms with Crippen LogP contribution in [0, 0.1) is 11.3 Å². The van der Waals surface area contributed by atoms with Gasteiger partial charge in [0.25, 0.3) is 5.91 Å². The van der Waals surface area contributed by atoms with Gasteiger partial charge in [-0.05, 0) is 38.0 Å². The number of hydrogen-bond donors (Lipinski definition) is 1. The van der Waals surface area contributed by atoms with Crippen molar-refractivity contribution in [2.45, 2.75) is 45.3 Å². The zero-order valence-electron chi connectivity index (χ0n) is 16.1. The molecule has 0 aliphatic carbocycles. The lowest BCUT2D eigenvalue weighted by Gasteiger charge is -2.13. The number of amides is 1. The van der Waals surface area contributed by atoms with E-state index in [9.17, 15) is 4.79 Å². The molecule has 0 radical (unpaired) electrons. The number of carbonyl (C=O) groups excluding carboxylic acids is 1. The van der Waals surface area contributed by atoms with E-state index in [4.69, 9.17) is 16.9 Å². The minimum atomic E-state index is -0.161. The second-order valence-electron chi connectivity index (χ2n) is 7.30. The zero-order valence-corrected chi connectivity index (χ0v) is 16.9. The SMILES string of the molecule is C[C@@H](Cn1ccc(-c2ccc(C#N)c(Cl)c2)n1)NC(=O)c1cn2c(n1)CCCC2. The third-order valence-corrected chi connectivity index (χ3v) is 5.32. The molecule has 0 spiro atoms. The summed E-state index contributed by atoms with van der Waals surface area (Å²) in [4.78, 5) is 17.0. The molecule has 148 valence electrons. The van der Waals surface area contributed by atoms with Crippen molar-refractivity contribution in [1.82, 2.24) is 24.6 Å². The van der Waals surface area contributed by atoms with Crippen molar-refractivity contribution in [3.05, 3.63) is 58.8 Å². The number of hydrogen-bond acceptors (Lipinski definition) is 4. The van der Waals surface area contributed by atoms with Crippen LogP contribution in [0.1, 0.15) is 41.6 Å². The van der Waals surface area contributed by atoms with Gasteiger partial charge >= 0.3 is 0 Å². The first kappa shape index (κ1) is 19.2. The molecule has 1 aliphatic heterocycles. The van der Waals surface area contributed by atoms with Gasteiger partial charge in [-0.15, -0.1) is 0 Å². The molecule has 2 aromatic heterocycles. The van der Waals surface area contributed by atoms with Gasteiger partial charge in [0.2, 0.25) is 0 Å². The van der Waals surface area contributed by atoms with Crippen molar-refractivity contribution >= 4 is 17.5 Å². The molecule has 0 fully saturated rings. The number of halogens is 1. The molecule has 3 heterocycles. The molecule has 1 atom stereocenters. The molecule has 29 heavy (non-hydrogen) atoms. The number of fused-ring (bicyclic) bond motifs is 1. The van der Waals surface area contributed by atoms with E-state index in [-0.39, 0.29) is 11.9 Å². The first-order valence-electron chi connectivity index (χ1n) is 9.64. The molecular formula is C21H21ClN6O. The van der Waals surface area contributed by atoms with Gasteiger partial charge in [-0.3, -0.25) is 9.48 Å². The summed E-state index contributed by atoms with van der Waals surface area (Å²) in [7, 11) is 0. The largest absolute Gasteiger partial charge is 0.346 e. The van der Waals surface area contributed by atoms with Gasteiger partial charge in [0.05, 0.1) is 22.8 Å². The Labute approximate surface area is 173 Å². The van der Waals surface area contributed by atoms with Crippen molar-refractivity contribution in [3.8, 4) is 17.3 Å². The first-order chi connectivity index (χ1) is 14.0. The van der Waals surface area contributed by atoms with Gasteiger partial charge in [0.1, 0.15) is 17.6 Å². The molecule has 7 nitrogen and oxygen atoms in total. The van der Waals surface area contributed by atoms with Crippen molar-refractivity contribution in [2.75, 3.05) is 0 Å². The van der Waals surface area contributed by atoms with Crippen LogP contribution in [0.25, 0.3) is 11.3 Å². The van der Waals surface area contributed by atoms with Gasteiger partial charge in [0.15, 0.2) is 0 Å². The maximum absolute atomic E-state index is 12.5. The molecule has 0 saturated carbocycles. The second kappa shape index (κ2) is 8.10. The van der Waals surface area contributed by atoms with Gasteiger partial charge in [-0.1, -0.05) is 17.7 Å². The van der Waals surface area contributed by atoms with Crippen LogP contribution in [0.4, 0.5) is 0 Å². The Kier molecular flexibility index (Phi) is 5.36. The average Bonchev–Trinajstić information content (AvgIpc) is 3.34. The van der Waals surface area contributed by atoms with Crippen LogP contribution in [0.15, 0.2) is 36.7 Å². The Morgan fingerprint density at radius 1 is 1.38 bits per heavy atom. The molecular weight excluding hydrogens is 388 g/mol. The van der Waals surface area contributed by atoms with E-state index >= 15 is 0 Å². The van der Waals surface area contributed by atoms with Gasteiger partial charge in [0, 0.05) is 37.0 Å². The summed E-state index contributed by atoms with van der Waals surface area (Å²) in [5.74, 6) is 0.831. The fourth-order valence-corrected chi connectivity index (χ4v) is 3.75. The maximum Gasteiger partial charge on any atom is 0.271 e. The normalized spacial score (nSPS) is 14.1. The molecule has 3 aromatic rings. The highest BCUT2D eigenvalue weighted by Gasteiger charge is 2.18. The Balaban J connectivity index is 1.39. The number of rotatable bonds is 5. The van der Waals surface area contributed by atoms with Crippen LogP contribution >= 0.6 is 11.6 Å². The number of aromatic nitrogens is 4. The molecule has 0 unspecified atom stereocenters. The van der Waals surface area contributed by atoms with E-state index in [1.54, 1.807) is 16.8 Å². The molecule has 1 N–H and O–H groups in total. The van der Waals surface area contributed by atoms with E-state index < -0.39 is 0 Å². The lowest BCUT2D eigenvalue weighted by Crippen LogP contribution is -2.36. The number of nitriles is 1. The summed E-state index contributed by atoms with van der Waals surface area (Å²) in [6.07, 6.45) is 6.89. The van der Waals surface area contributed by atoms with Gasteiger partial charge in [-0.2, -0.15) is 10.4 Å². The van der Waals surface area contributed by atoms with Crippen LogP contribution in [-0.4, -0.2) is 31.3 Å². The Bertz CT molecular complexity index is 1070. The van der Waals surface area contributed by atoms with Crippen molar-refractivity contribution in [2.24, 2.45) is 0 Å². The van der Waals surface area contributed by atoms with E-state index in [1.807, 2.05) is 37.5 Å². The first-order valence-corrected chi connectivity index (χ1v) is 10.0. The highest BCUT2D eigenvalue weighted by atomic mass is 35.5. The Hall–Kier alpha value is -3.11. The molecule has 1 aromatic carbocycles. The third-order valence-electron chi connectivity index (χ3n) is 5.01. The van der Waals surface area contributed by atoms with Crippen LogP contribution in [0.5, 0.6) is 0 Å². The fraction of sp³-hybridized carbons (Fsp3) is 0.333. The number of carbonyl (C=O) groups is 1. The average molecular weight is 409 g/mol. The number of imidazole rings is 1. The molecule has 8 heteroatoms. The van der Waals surface area contributed by atoms with Crippen LogP contribution in [0.3, 0.4) is 0 Å². The summed E-state index contributed by atoms with van der Waals surface area (Å²) in [5.41, 5.74) is 2.51. The summed E-state index contributed by atoms with van der Waals surface area (Å²) in [5, 5.41) is 16.9. The number of nitrogens with one attached hydrogen (secondary N) is 1. The second-order valence-corrected chi connectivity index (χ2v) is 7.70. The molecule has 1 aliphatic rings. The maximum atomic E-state index is 12.5. The minimum Gasteiger partial charge on any atom is -0.346 e. The number of benzene rings is 1. The van der Waals surface area contributed by atoms with Crippen molar-refractivity contribution in [3.63, 3.8) is 0 Å². The molecule has 0 bridgehead atoms. The van der Waals surface area contributed by atoms with Crippen LogP contribution < -0.4 is 5.32 Å². The predicted octanol–water partition coefficient (Wildman–Crippen LogP) is 3.43. The number of nitrogens with zero attached hydrogens (tertiary/aromatic N) is 5. The summed E-state index contributed by atoms with van der Waals surface area (Å²) in [6, 6.07) is 9.06. The quantitative estimate of drug-likeness (QED) is 0.700. The summed E-state index contributed by atoms with van der Waals surface area (Å²) >= 11 is 6.11. The van der Waals surface area contributed by atoms with E-state index in [1.165, 1.54) is 0 Å².